The van der Waals surface area contributed by atoms with Crippen LogP contribution < -0.4 is 0 Å². The van der Waals surface area contributed by atoms with Crippen molar-refractivity contribution in [1.82, 2.24) is 0 Å². The van der Waals surface area contributed by atoms with E-state index in [0.29, 0.717) is 0 Å². The summed E-state index contributed by atoms with van der Waals surface area (Å²) in [6, 6.07) is 9.45. The maximum Gasteiger partial charge on any atom is 0.186 e. The highest BCUT2D eigenvalue weighted by atomic mass is 16.7. The Morgan fingerprint density at radius 2 is 1.85 bits per heavy atom. The fourth-order valence-corrected chi connectivity index (χ4v) is 2.55. The van der Waals surface area contributed by atoms with Crippen LogP contribution in [0.5, 0.6) is 0 Å². The molecule has 110 valence electrons. The monoisotopic (exact) mass is 282 g/mol. The van der Waals surface area contributed by atoms with Crippen LogP contribution in [0.3, 0.4) is 0 Å². The van der Waals surface area contributed by atoms with Crippen molar-refractivity contribution in [1.29, 1.82) is 0 Å². The Hall–Kier alpha value is -1.02. The predicted octanol–water partition coefficient (Wildman–Crippen LogP) is 0.194. The van der Waals surface area contributed by atoms with Gasteiger partial charge in [0.1, 0.15) is 24.4 Å². The van der Waals surface area contributed by atoms with Crippen molar-refractivity contribution >= 4 is 0 Å². The molecular weight excluding hydrogens is 264 g/mol. The molecule has 0 spiro atoms. The first-order chi connectivity index (χ1) is 9.70. The van der Waals surface area contributed by atoms with E-state index in [-0.39, 0.29) is 6.61 Å². The number of aliphatic hydroxyl groups excluding tert-OH is 2. The molecule has 0 saturated carbocycles. The molecule has 6 atom stereocenters. The van der Waals surface area contributed by atoms with Crippen molar-refractivity contribution in [3.63, 3.8) is 0 Å². The van der Waals surface area contributed by atoms with E-state index in [1.807, 2.05) is 30.3 Å². The second kappa shape index (κ2) is 5.77. The lowest BCUT2D eigenvalue weighted by Crippen LogP contribution is -2.62. The summed E-state index contributed by atoms with van der Waals surface area (Å²) in [7, 11) is 1.41. The number of ether oxygens (including phenoxy) is 4. The zero-order valence-corrected chi connectivity index (χ0v) is 11.1. The van der Waals surface area contributed by atoms with E-state index in [1.165, 1.54) is 7.11 Å². The molecule has 0 aromatic heterocycles. The molecular formula is C14H18O6. The zero-order chi connectivity index (χ0) is 14.1. The maximum absolute atomic E-state index is 10.1. The van der Waals surface area contributed by atoms with Gasteiger partial charge in [-0.25, -0.2) is 0 Å². The van der Waals surface area contributed by atoms with Gasteiger partial charge < -0.3 is 29.2 Å². The van der Waals surface area contributed by atoms with Crippen LogP contribution in [-0.4, -0.2) is 54.6 Å². The summed E-state index contributed by atoms with van der Waals surface area (Å²) < 4.78 is 21.9. The van der Waals surface area contributed by atoms with Crippen molar-refractivity contribution < 1.29 is 29.2 Å². The van der Waals surface area contributed by atoms with Crippen molar-refractivity contribution in [2.45, 2.75) is 37.0 Å². The zero-order valence-electron chi connectivity index (χ0n) is 11.1. The third kappa shape index (κ3) is 2.46. The molecule has 6 nitrogen and oxygen atoms in total. The summed E-state index contributed by atoms with van der Waals surface area (Å²) >= 11 is 0. The van der Waals surface area contributed by atoms with Gasteiger partial charge in [-0.05, 0) is 0 Å². The predicted molar refractivity (Wildman–Crippen MR) is 67.7 cm³/mol. The Bertz CT molecular complexity index is 437. The van der Waals surface area contributed by atoms with E-state index in [1.54, 1.807) is 0 Å². The Balaban J connectivity index is 1.74. The highest BCUT2D eigenvalue weighted by Crippen LogP contribution is 2.33. The van der Waals surface area contributed by atoms with Crippen molar-refractivity contribution in [2.75, 3.05) is 13.7 Å². The summed E-state index contributed by atoms with van der Waals surface area (Å²) in [6.45, 7) is 0.272. The summed E-state index contributed by atoms with van der Waals surface area (Å²) in [6.07, 6.45) is -4.76. The molecule has 2 aliphatic heterocycles. The van der Waals surface area contributed by atoms with Gasteiger partial charge in [-0.15, -0.1) is 0 Å². The molecule has 1 aromatic carbocycles. The van der Waals surface area contributed by atoms with E-state index >= 15 is 0 Å². The Morgan fingerprint density at radius 1 is 1.10 bits per heavy atom. The lowest BCUT2D eigenvalue weighted by Gasteiger charge is -2.45. The standard InChI is InChI=1S/C14H18O6/c1-17-14-11(16)10(15)12-9(19-14)7-18-13(20-12)8-5-3-2-4-6-8/h2-6,9-16H,7H2,1H3/t9-,10-,11-,12-,13-,14?/m1/s1. The normalized spacial score (nSPS) is 41.1. The molecule has 2 heterocycles. The lowest BCUT2D eigenvalue weighted by atomic mass is 9.98. The van der Waals surface area contributed by atoms with Gasteiger partial charge in [-0.1, -0.05) is 30.3 Å². The molecule has 2 fully saturated rings. The van der Waals surface area contributed by atoms with Crippen LogP contribution in [0.25, 0.3) is 0 Å². The lowest BCUT2D eigenvalue weighted by molar-refractivity contribution is -0.358. The number of benzene rings is 1. The number of rotatable bonds is 2. The SMILES string of the molecule is COC1O[C@@H]2CO[C@@H](c3ccccc3)O[C@H]2[C@H](O)[C@H]1O. The summed E-state index contributed by atoms with van der Waals surface area (Å²) in [5.74, 6) is 0. The average molecular weight is 282 g/mol. The van der Waals surface area contributed by atoms with Crippen LogP contribution in [0.2, 0.25) is 0 Å². The van der Waals surface area contributed by atoms with Crippen LogP contribution in [0.4, 0.5) is 0 Å². The van der Waals surface area contributed by atoms with E-state index in [4.69, 9.17) is 18.9 Å². The molecule has 2 saturated heterocycles. The van der Waals surface area contributed by atoms with Gasteiger partial charge in [0.05, 0.1) is 6.61 Å². The van der Waals surface area contributed by atoms with Crippen molar-refractivity contribution in [2.24, 2.45) is 0 Å². The highest BCUT2D eigenvalue weighted by Gasteiger charge is 2.48. The first kappa shape index (κ1) is 13.9. The molecule has 2 aliphatic rings. The Morgan fingerprint density at radius 3 is 2.55 bits per heavy atom. The highest BCUT2D eigenvalue weighted by molar-refractivity contribution is 5.16. The second-order valence-corrected chi connectivity index (χ2v) is 4.94. The molecule has 1 unspecified atom stereocenters. The van der Waals surface area contributed by atoms with Gasteiger partial charge in [-0.2, -0.15) is 0 Å². The van der Waals surface area contributed by atoms with E-state index in [0.717, 1.165) is 5.56 Å². The van der Waals surface area contributed by atoms with Gasteiger partial charge >= 0.3 is 0 Å². The van der Waals surface area contributed by atoms with Crippen LogP contribution >= 0.6 is 0 Å². The average Bonchev–Trinajstić information content (AvgIpc) is 2.51. The Kier molecular flexibility index (Phi) is 4.02. The van der Waals surface area contributed by atoms with E-state index in [9.17, 15) is 10.2 Å². The van der Waals surface area contributed by atoms with Crippen LogP contribution in [0, 0.1) is 0 Å². The minimum atomic E-state index is -1.14. The number of aliphatic hydroxyl groups is 2. The molecule has 0 radical (unpaired) electrons. The third-order valence-corrected chi connectivity index (χ3v) is 3.64. The quantitative estimate of drug-likeness (QED) is 0.806. The third-order valence-electron chi connectivity index (χ3n) is 3.64. The van der Waals surface area contributed by atoms with Crippen LogP contribution in [0.1, 0.15) is 11.9 Å². The first-order valence-corrected chi connectivity index (χ1v) is 6.57. The fourth-order valence-electron chi connectivity index (χ4n) is 2.55. The van der Waals surface area contributed by atoms with Crippen molar-refractivity contribution in [3.8, 4) is 0 Å². The molecule has 6 heteroatoms. The molecule has 20 heavy (non-hydrogen) atoms. The summed E-state index contributed by atoms with van der Waals surface area (Å²) in [5.41, 5.74) is 0.863. The smallest absolute Gasteiger partial charge is 0.186 e. The molecule has 2 N–H and O–H groups in total. The number of methoxy groups -OCH3 is 1. The van der Waals surface area contributed by atoms with Gasteiger partial charge in [0.15, 0.2) is 12.6 Å². The maximum atomic E-state index is 10.1. The first-order valence-electron chi connectivity index (χ1n) is 6.57. The van der Waals surface area contributed by atoms with E-state index in [2.05, 4.69) is 0 Å². The Labute approximate surface area is 116 Å². The topological polar surface area (TPSA) is 77.4 Å². The van der Waals surface area contributed by atoms with Crippen molar-refractivity contribution in [3.05, 3.63) is 35.9 Å². The fraction of sp³-hybridized carbons (Fsp3) is 0.571. The minimum absolute atomic E-state index is 0.272. The number of hydrogen-bond donors (Lipinski definition) is 2. The molecule has 0 amide bonds. The second-order valence-electron chi connectivity index (χ2n) is 4.94. The van der Waals surface area contributed by atoms with Crippen LogP contribution in [0.15, 0.2) is 30.3 Å². The number of fused-ring (bicyclic) bond motifs is 1. The van der Waals surface area contributed by atoms with Gasteiger partial charge in [0.2, 0.25) is 0 Å². The summed E-state index contributed by atoms with van der Waals surface area (Å²) in [4.78, 5) is 0. The van der Waals surface area contributed by atoms with Crippen LogP contribution in [-0.2, 0) is 18.9 Å². The van der Waals surface area contributed by atoms with Gasteiger partial charge in [0, 0.05) is 12.7 Å². The molecule has 0 bridgehead atoms. The molecule has 0 aliphatic carbocycles. The number of hydrogen-bond acceptors (Lipinski definition) is 6. The van der Waals surface area contributed by atoms with E-state index < -0.39 is 37.0 Å². The van der Waals surface area contributed by atoms with Gasteiger partial charge in [-0.3, -0.25) is 0 Å². The minimum Gasteiger partial charge on any atom is -0.387 e. The van der Waals surface area contributed by atoms with Gasteiger partial charge in [0.25, 0.3) is 0 Å². The largest absolute Gasteiger partial charge is 0.387 e. The molecule has 1 aromatic rings. The molecule has 3 rings (SSSR count). The summed E-state index contributed by atoms with van der Waals surface area (Å²) in [5, 5.41) is 20.1.